The summed E-state index contributed by atoms with van der Waals surface area (Å²) in [6.45, 7) is 2.81. The highest BCUT2D eigenvalue weighted by molar-refractivity contribution is 7.09. The van der Waals surface area contributed by atoms with Crippen molar-refractivity contribution in [3.8, 4) is 0 Å². The first-order chi connectivity index (χ1) is 15.2. The fourth-order valence-corrected chi connectivity index (χ4v) is 3.91. The van der Waals surface area contributed by atoms with Crippen LogP contribution < -0.4 is 10.2 Å². The summed E-state index contributed by atoms with van der Waals surface area (Å²) in [5.74, 6) is 0.683. The van der Waals surface area contributed by atoms with Crippen molar-refractivity contribution >= 4 is 28.3 Å². The standard InChI is InChI=1S/C25H24N4OS/c1-19-12-14-22(15-13-19)26-24(30)18-29(17-21-10-6-3-7-11-21)25-27-23(28-31-25)16-20-8-4-2-5-9-20/h2-15H,16-18H2,1H3,(H,26,30). The summed E-state index contributed by atoms with van der Waals surface area (Å²) in [7, 11) is 0. The van der Waals surface area contributed by atoms with Gasteiger partial charge >= 0.3 is 0 Å². The Bertz CT molecular complexity index is 1110. The lowest BCUT2D eigenvalue weighted by Crippen LogP contribution is -2.33. The molecule has 156 valence electrons. The van der Waals surface area contributed by atoms with Gasteiger partial charge in [-0.15, -0.1) is 0 Å². The van der Waals surface area contributed by atoms with Crippen molar-refractivity contribution in [3.63, 3.8) is 0 Å². The lowest BCUT2D eigenvalue weighted by atomic mass is 10.1. The highest BCUT2D eigenvalue weighted by Gasteiger charge is 2.17. The SMILES string of the molecule is Cc1ccc(NC(=O)CN(Cc2ccccc2)c2nc(Cc3ccccc3)ns2)cc1. The third-order valence-electron chi connectivity index (χ3n) is 4.82. The topological polar surface area (TPSA) is 58.1 Å². The van der Waals surface area contributed by atoms with Crippen molar-refractivity contribution in [1.82, 2.24) is 9.36 Å². The van der Waals surface area contributed by atoms with Crippen molar-refractivity contribution in [2.75, 3.05) is 16.8 Å². The zero-order valence-electron chi connectivity index (χ0n) is 17.4. The van der Waals surface area contributed by atoms with E-state index in [-0.39, 0.29) is 12.5 Å². The van der Waals surface area contributed by atoms with E-state index in [0.717, 1.165) is 27.8 Å². The molecule has 1 heterocycles. The van der Waals surface area contributed by atoms with E-state index in [9.17, 15) is 4.79 Å². The number of hydrogen-bond acceptors (Lipinski definition) is 5. The Labute approximate surface area is 186 Å². The van der Waals surface area contributed by atoms with Gasteiger partial charge in [-0.05, 0) is 30.2 Å². The van der Waals surface area contributed by atoms with Crippen LogP contribution in [0.2, 0.25) is 0 Å². The fraction of sp³-hybridized carbons (Fsp3) is 0.160. The Hall–Kier alpha value is -3.51. The van der Waals surface area contributed by atoms with Gasteiger partial charge in [0.05, 0.1) is 6.54 Å². The Morgan fingerprint density at radius 3 is 2.23 bits per heavy atom. The molecule has 0 atom stereocenters. The first-order valence-corrected chi connectivity index (χ1v) is 10.9. The van der Waals surface area contributed by atoms with Gasteiger partial charge in [-0.1, -0.05) is 78.4 Å². The molecule has 0 spiro atoms. The zero-order chi connectivity index (χ0) is 21.5. The van der Waals surface area contributed by atoms with Crippen LogP contribution in [0.1, 0.15) is 22.5 Å². The van der Waals surface area contributed by atoms with Gasteiger partial charge in [0.15, 0.2) is 0 Å². The second-order valence-electron chi connectivity index (χ2n) is 7.41. The number of benzene rings is 3. The van der Waals surface area contributed by atoms with Gasteiger partial charge in [0.1, 0.15) is 5.82 Å². The summed E-state index contributed by atoms with van der Waals surface area (Å²) >= 11 is 1.33. The first-order valence-electron chi connectivity index (χ1n) is 10.2. The van der Waals surface area contributed by atoms with Crippen LogP contribution in [0.5, 0.6) is 0 Å². The predicted octanol–water partition coefficient (Wildman–Crippen LogP) is 5.08. The van der Waals surface area contributed by atoms with Crippen molar-refractivity contribution in [1.29, 1.82) is 0 Å². The fourth-order valence-electron chi connectivity index (χ4n) is 3.23. The molecule has 0 saturated carbocycles. The number of aryl methyl sites for hydroxylation is 1. The summed E-state index contributed by atoms with van der Waals surface area (Å²) in [5.41, 5.74) is 4.23. The molecule has 3 aromatic carbocycles. The Kier molecular flexibility index (Phi) is 6.69. The molecule has 0 radical (unpaired) electrons. The number of aromatic nitrogens is 2. The number of nitrogens with one attached hydrogen (secondary N) is 1. The van der Waals surface area contributed by atoms with E-state index in [1.807, 2.05) is 72.5 Å². The van der Waals surface area contributed by atoms with Crippen molar-refractivity contribution in [2.45, 2.75) is 19.9 Å². The van der Waals surface area contributed by atoms with Gasteiger partial charge in [0.2, 0.25) is 11.0 Å². The van der Waals surface area contributed by atoms with Gasteiger partial charge in [-0.2, -0.15) is 4.37 Å². The van der Waals surface area contributed by atoms with E-state index in [4.69, 9.17) is 4.98 Å². The maximum Gasteiger partial charge on any atom is 0.243 e. The lowest BCUT2D eigenvalue weighted by molar-refractivity contribution is -0.115. The van der Waals surface area contributed by atoms with E-state index in [2.05, 4.69) is 34.0 Å². The molecule has 31 heavy (non-hydrogen) atoms. The van der Waals surface area contributed by atoms with E-state index in [1.54, 1.807) is 0 Å². The molecule has 0 aliphatic heterocycles. The van der Waals surface area contributed by atoms with Crippen LogP contribution in [0.4, 0.5) is 10.8 Å². The molecule has 0 unspecified atom stereocenters. The van der Waals surface area contributed by atoms with E-state index < -0.39 is 0 Å². The van der Waals surface area contributed by atoms with Crippen LogP contribution in [0.25, 0.3) is 0 Å². The Balaban J connectivity index is 1.50. The highest BCUT2D eigenvalue weighted by Crippen LogP contribution is 2.21. The molecule has 0 aliphatic carbocycles. The van der Waals surface area contributed by atoms with E-state index >= 15 is 0 Å². The Morgan fingerprint density at radius 2 is 1.55 bits per heavy atom. The van der Waals surface area contributed by atoms with Crippen LogP contribution in [0.3, 0.4) is 0 Å². The largest absolute Gasteiger partial charge is 0.333 e. The summed E-state index contributed by atoms with van der Waals surface area (Å²) in [5, 5.41) is 3.72. The molecule has 5 nitrogen and oxygen atoms in total. The predicted molar refractivity (Wildman–Crippen MR) is 126 cm³/mol. The monoisotopic (exact) mass is 428 g/mol. The molecule has 0 aliphatic rings. The van der Waals surface area contributed by atoms with Crippen LogP contribution >= 0.6 is 11.5 Å². The number of carbonyl (C=O) groups is 1. The lowest BCUT2D eigenvalue weighted by Gasteiger charge is -2.21. The van der Waals surface area contributed by atoms with Gasteiger partial charge in [0.25, 0.3) is 0 Å². The number of amides is 1. The molecule has 1 aromatic heterocycles. The zero-order valence-corrected chi connectivity index (χ0v) is 18.2. The molecule has 1 amide bonds. The molecular formula is C25H24N4OS. The number of rotatable bonds is 8. The van der Waals surface area contributed by atoms with Gasteiger partial charge in [0, 0.05) is 30.2 Å². The van der Waals surface area contributed by atoms with Crippen LogP contribution in [-0.4, -0.2) is 21.8 Å². The minimum Gasteiger partial charge on any atom is -0.333 e. The molecule has 6 heteroatoms. The number of carbonyl (C=O) groups excluding carboxylic acids is 1. The smallest absolute Gasteiger partial charge is 0.243 e. The average Bonchev–Trinajstić information content (AvgIpc) is 3.25. The van der Waals surface area contributed by atoms with Crippen LogP contribution in [0, 0.1) is 6.92 Å². The maximum absolute atomic E-state index is 12.8. The van der Waals surface area contributed by atoms with Crippen molar-refractivity contribution in [2.24, 2.45) is 0 Å². The molecule has 4 rings (SSSR count). The maximum atomic E-state index is 12.8. The van der Waals surface area contributed by atoms with Crippen LogP contribution in [-0.2, 0) is 17.8 Å². The van der Waals surface area contributed by atoms with Crippen LogP contribution in [0.15, 0.2) is 84.9 Å². The summed E-state index contributed by atoms with van der Waals surface area (Å²) in [4.78, 5) is 19.5. The van der Waals surface area contributed by atoms with Gasteiger partial charge < -0.3 is 10.2 Å². The number of anilines is 2. The molecular weight excluding hydrogens is 404 g/mol. The van der Waals surface area contributed by atoms with E-state index in [1.165, 1.54) is 17.1 Å². The van der Waals surface area contributed by atoms with Crippen molar-refractivity contribution < 1.29 is 4.79 Å². The average molecular weight is 429 g/mol. The third-order valence-corrected chi connectivity index (χ3v) is 5.63. The molecule has 0 fully saturated rings. The molecule has 1 N–H and O–H groups in total. The van der Waals surface area contributed by atoms with Crippen molar-refractivity contribution in [3.05, 3.63) is 107 Å². The minimum absolute atomic E-state index is 0.0837. The molecule has 4 aromatic rings. The quantitative estimate of drug-likeness (QED) is 0.425. The van der Waals surface area contributed by atoms with E-state index in [0.29, 0.717) is 13.0 Å². The third kappa shape index (κ3) is 5.99. The normalized spacial score (nSPS) is 10.6. The summed E-state index contributed by atoms with van der Waals surface area (Å²) in [6, 6.07) is 28.0. The Morgan fingerprint density at radius 1 is 0.903 bits per heavy atom. The number of nitrogens with zero attached hydrogens (tertiary/aromatic N) is 3. The second-order valence-corrected chi connectivity index (χ2v) is 8.14. The van der Waals surface area contributed by atoms with Gasteiger partial charge in [-0.3, -0.25) is 4.79 Å². The second kappa shape index (κ2) is 10.00. The summed E-state index contributed by atoms with van der Waals surface area (Å²) in [6.07, 6.45) is 0.673. The highest BCUT2D eigenvalue weighted by atomic mass is 32.1. The minimum atomic E-state index is -0.0837. The first kappa shape index (κ1) is 20.8. The summed E-state index contributed by atoms with van der Waals surface area (Å²) < 4.78 is 4.53. The molecule has 0 bridgehead atoms. The number of hydrogen-bond donors (Lipinski definition) is 1. The molecule has 0 saturated heterocycles. The van der Waals surface area contributed by atoms with Gasteiger partial charge in [-0.25, -0.2) is 4.98 Å².